The molecule has 9 heteroatoms. The highest BCUT2D eigenvalue weighted by Crippen LogP contribution is 2.21. The molecule has 1 aromatic heterocycles. The maximum Gasteiger partial charge on any atom is 0.262 e. The van der Waals surface area contributed by atoms with Gasteiger partial charge in [-0.15, -0.1) is 0 Å². The lowest BCUT2D eigenvalue weighted by Crippen LogP contribution is -2.36. The molecule has 0 radical (unpaired) electrons. The first-order valence-corrected chi connectivity index (χ1v) is 13.0. The fourth-order valence-electron chi connectivity index (χ4n) is 3.90. The number of para-hydroxylation sites is 1. The highest BCUT2D eigenvalue weighted by Gasteiger charge is 2.14. The van der Waals surface area contributed by atoms with Crippen LogP contribution in [0.2, 0.25) is 0 Å². The molecule has 0 saturated carbocycles. The van der Waals surface area contributed by atoms with E-state index in [0.717, 1.165) is 37.7 Å². The van der Waals surface area contributed by atoms with Crippen LogP contribution in [0.1, 0.15) is 20.3 Å². The molecule has 0 aliphatic carbocycles. The third-order valence-corrected chi connectivity index (χ3v) is 6.64. The summed E-state index contributed by atoms with van der Waals surface area (Å²) in [4.78, 5) is 32.8. The van der Waals surface area contributed by atoms with Crippen LogP contribution >= 0.6 is 11.8 Å². The molecule has 1 N–H and O–H groups in total. The molecule has 1 fully saturated rings. The molecule has 3 aromatic rings. The standard InChI is InChI=1S/C26H32N4O4S/c1-19(2)34-15-5-12-30-25(32)22-6-3-4-7-23(22)28-26(30)35-18-24(31)27-20-8-10-21(11-9-20)29-13-16-33-17-14-29/h3-4,6-11,19H,5,12-18H2,1-2H3,(H,27,31). The van der Waals surface area contributed by atoms with Gasteiger partial charge >= 0.3 is 0 Å². The zero-order valence-electron chi connectivity index (χ0n) is 20.2. The van der Waals surface area contributed by atoms with Crippen LogP contribution in [0.5, 0.6) is 0 Å². The van der Waals surface area contributed by atoms with E-state index in [-0.39, 0.29) is 23.3 Å². The number of fused-ring (bicyclic) bond motifs is 1. The molecule has 186 valence electrons. The van der Waals surface area contributed by atoms with Gasteiger partial charge in [-0.3, -0.25) is 14.2 Å². The van der Waals surface area contributed by atoms with Gasteiger partial charge in [-0.2, -0.15) is 0 Å². The van der Waals surface area contributed by atoms with Gasteiger partial charge in [-0.1, -0.05) is 23.9 Å². The molecule has 0 atom stereocenters. The van der Waals surface area contributed by atoms with Crippen LogP contribution in [0.15, 0.2) is 58.5 Å². The number of thioether (sulfide) groups is 1. The second kappa shape index (κ2) is 12.2. The summed E-state index contributed by atoms with van der Waals surface area (Å²) in [6, 6.07) is 15.1. The minimum absolute atomic E-state index is 0.0956. The van der Waals surface area contributed by atoms with E-state index in [1.54, 1.807) is 10.6 Å². The summed E-state index contributed by atoms with van der Waals surface area (Å²) in [5, 5.41) is 4.05. The van der Waals surface area contributed by atoms with Gasteiger partial charge < -0.3 is 19.7 Å². The monoisotopic (exact) mass is 496 g/mol. The number of nitrogens with one attached hydrogen (secondary N) is 1. The Hall–Kier alpha value is -2.88. The Balaban J connectivity index is 1.41. The third-order valence-electron chi connectivity index (χ3n) is 5.66. The summed E-state index contributed by atoms with van der Waals surface area (Å²) in [6.45, 7) is 8.21. The zero-order chi connectivity index (χ0) is 24.6. The molecule has 1 amide bonds. The number of anilines is 2. The predicted molar refractivity (Wildman–Crippen MR) is 141 cm³/mol. The number of carbonyl (C=O) groups excluding carboxylic acids is 1. The van der Waals surface area contributed by atoms with Gasteiger partial charge in [0.2, 0.25) is 5.91 Å². The summed E-state index contributed by atoms with van der Waals surface area (Å²) >= 11 is 1.27. The molecule has 1 aliphatic heterocycles. The van der Waals surface area contributed by atoms with Crippen molar-refractivity contribution < 1.29 is 14.3 Å². The molecule has 35 heavy (non-hydrogen) atoms. The molecule has 2 aromatic carbocycles. The van der Waals surface area contributed by atoms with Crippen molar-refractivity contribution in [1.82, 2.24) is 9.55 Å². The SMILES string of the molecule is CC(C)OCCCn1c(SCC(=O)Nc2ccc(N3CCOCC3)cc2)nc2ccccc2c1=O. The van der Waals surface area contributed by atoms with Crippen LogP contribution in [-0.4, -0.2) is 60.2 Å². The van der Waals surface area contributed by atoms with Crippen molar-refractivity contribution in [2.24, 2.45) is 0 Å². The molecule has 0 spiro atoms. The lowest BCUT2D eigenvalue weighted by atomic mass is 10.2. The quantitative estimate of drug-likeness (QED) is 0.260. The van der Waals surface area contributed by atoms with E-state index in [9.17, 15) is 9.59 Å². The number of hydrogen-bond acceptors (Lipinski definition) is 7. The van der Waals surface area contributed by atoms with Crippen molar-refractivity contribution in [2.45, 2.75) is 38.1 Å². The average Bonchev–Trinajstić information content (AvgIpc) is 2.87. The molecular weight excluding hydrogens is 464 g/mol. The number of aromatic nitrogens is 2. The molecule has 4 rings (SSSR count). The van der Waals surface area contributed by atoms with Crippen LogP contribution in [0.25, 0.3) is 10.9 Å². The van der Waals surface area contributed by atoms with E-state index in [1.165, 1.54) is 11.8 Å². The van der Waals surface area contributed by atoms with Gasteiger partial charge in [0.1, 0.15) is 0 Å². The first-order chi connectivity index (χ1) is 17.0. The van der Waals surface area contributed by atoms with Gasteiger partial charge in [-0.25, -0.2) is 4.98 Å². The van der Waals surface area contributed by atoms with Crippen LogP contribution in [0.4, 0.5) is 11.4 Å². The minimum Gasteiger partial charge on any atom is -0.379 e. The number of hydrogen-bond donors (Lipinski definition) is 1. The Morgan fingerprint density at radius 2 is 1.89 bits per heavy atom. The summed E-state index contributed by atoms with van der Waals surface area (Å²) in [5.74, 6) is 0.00426. The Morgan fingerprint density at radius 1 is 1.14 bits per heavy atom. The largest absolute Gasteiger partial charge is 0.379 e. The normalized spacial score (nSPS) is 14.0. The van der Waals surface area contributed by atoms with E-state index in [1.807, 2.05) is 56.3 Å². The van der Waals surface area contributed by atoms with Crippen molar-refractivity contribution in [3.8, 4) is 0 Å². The van der Waals surface area contributed by atoms with E-state index in [4.69, 9.17) is 9.47 Å². The first-order valence-electron chi connectivity index (χ1n) is 12.0. The fraction of sp³-hybridized carbons (Fsp3) is 0.423. The number of nitrogens with zero attached hydrogens (tertiary/aromatic N) is 3. The van der Waals surface area contributed by atoms with Crippen molar-refractivity contribution in [3.63, 3.8) is 0 Å². The number of carbonyl (C=O) groups is 1. The summed E-state index contributed by atoms with van der Waals surface area (Å²) in [6.07, 6.45) is 0.829. The van der Waals surface area contributed by atoms with Gasteiger partial charge in [0.05, 0.1) is 36.0 Å². The van der Waals surface area contributed by atoms with Crippen LogP contribution in [0.3, 0.4) is 0 Å². The van der Waals surface area contributed by atoms with E-state index >= 15 is 0 Å². The fourth-order valence-corrected chi connectivity index (χ4v) is 4.73. The van der Waals surface area contributed by atoms with E-state index in [2.05, 4.69) is 15.2 Å². The van der Waals surface area contributed by atoms with Gasteiger partial charge in [0.25, 0.3) is 5.56 Å². The Labute approximate surface area is 209 Å². The highest BCUT2D eigenvalue weighted by atomic mass is 32.2. The van der Waals surface area contributed by atoms with Gasteiger partial charge in [0, 0.05) is 37.6 Å². The molecule has 1 saturated heterocycles. The van der Waals surface area contributed by atoms with Gasteiger partial charge in [0.15, 0.2) is 5.16 Å². The summed E-state index contributed by atoms with van der Waals surface area (Å²) < 4.78 is 12.7. The van der Waals surface area contributed by atoms with Crippen molar-refractivity contribution in [1.29, 1.82) is 0 Å². The molecule has 0 unspecified atom stereocenters. The third kappa shape index (κ3) is 6.84. The maximum absolute atomic E-state index is 13.1. The second-order valence-electron chi connectivity index (χ2n) is 8.62. The Bertz CT molecular complexity index is 1190. The van der Waals surface area contributed by atoms with E-state index < -0.39 is 0 Å². The van der Waals surface area contributed by atoms with E-state index in [0.29, 0.717) is 35.6 Å². The Kier molecular flexibility index (Phi) is 8.79. The van der Waals surface area contributed by atoms with Crippen LogP contribution < -0.4 is 15.8 Å². The molecular formula is C26H32N4O4S. The number of morpholine rings is 1. The Morgan fingerprint density at radius 3 is 2.63 bits per heavy atom. The van der Waals surface area contributed by atoms with Crippen LogP contribution in [-0.2, 0) is 20.8 Å². The highest BCUT2D eigenvalue weighted by molar-refractivity contribution is 7.99. The number of benzene rings is 2. The number of amides is 1. The number of ether oxygens (including phenoxy) is 2. The summed E-state index contributed by atoms with van der Waals surface area (Å²) in [7, 11) is 0. The summed E-state index contributed by atoms with van der Waals surface area (Å²) in [5.41, 5.74) is 2.39. The predicted octanol–water partition coefficient (Wildman–Crippen LogP) is 3.78. The van der Waals surface area contributed by atoms with Crippen molar-refractivity contribution in [2.75, 3.05) is 48.9 Å². The zero-order valence-corrected chi connectivity index (χ0v) is 21.1. The molecule has 8 nitrogen and oxygen atoms in total. The van der Waals surface area contributed by atoms with Crippen LogP contribution in [0, 0.1) is 0 Å². The topological polar surface area (TPSA) is 85.7 Å². The molecule has 1 aliphatic rings. The molecule has 0 bridgehead atoms. The lowest BCUT2D eigenvalue weighted by Gasteiger charge is -2.28. The maximum atomic E-state index is 13.1. The van der Waals surface area contributed by atoms with Crippen molar-refractivity contribution >= 4 is 39.9 Å². The minimum atomic E-state index is -0.147. The molecule has 2 heterocycles. The lowest BCUT2D eigenvalue weighted by molar-refractivity contribution is -0.113. The smallest absolute Gasteiger partial charge is 0.262 e. The van der Waals surface area contributed by atoms with Crippen molar-refractivity contribution in [3.05, 3.63) is 58.9 Å². The first kappa shape index (κ1) is 25.2. The second-order valence-corrected chi connectivity index (χ2v) is 9.57. The van der Waals surface area contributed by atoms with Gasteiger partial charge in [-0.05, 0) is 56.7 Å². The number of rotatable bonds is 10. The average molecular weight is 497 g/mol.